The van der Waals surface area contributed by atoms with Crippen LogP contribution in [0.4, 0.5) is 5.69 Å². The highest BCUT2D eigenvalue weighted by Crippen LogP contribution is 2.24. The van der Waals surface area contributed by atoms with Crippen LogP contribution < -0.4 is 4.72 Å². The second kappa shape index (κ2) is 5.02. The van der Waals surface area contributed by atoms with Crippen LogP contribution in [-0.2, 0) is 10.0 Å². The number of thiophene rings is 1. The zero-order valence-corrected chi connectivity index (χ0v) is 11.6. The predicted octanol–water partition coefficient (Wildman–Crippen LogP) is 2.56. The third-order valence-electron chi connectivity index (χ3n) is 2.38. The highest BCUT2D eigenvalue weighted by molar-refractivity contribution is 7.93. The van der Waals surface area contributed by atoms with E-state index >= 15 is 0 Å². The van der Waals surface area contributed by atoms with Gasteiger partial charge < -0.3 is 5.11 Å². The van der Waals surface area contributed by atoms with Crippen LogP contribution in [0.2, 0.25) is 0 Å². The Balaban J connectivity index is 2.38. The number of carboxylic acid groups (broad SMARTS) is 1. The average Bonchev–Trinajstić information content (AvgIpc) is 2.77. The van der Waals surface area contributed by atoms with Gasteiger partial charge in [-0.15, -0.1) is 11.3 Å². The molecule has 1 aromatic heterocycles. The molecule has 5 nitrogen and oxygen atoms in total. The van der Waals surface area contributed by atoms with Crippen molar-refractivity contribution >= 4 is 33.0 Å². The van der Waals surface area contributed by atoms with Crippen molar-refractivity contribution in [1.29, 1.82) is 0 Å². The summed E-state index contributed by atoms with van der Waals surface area (Å²) in [7, 11) is -3.88. The molecule has 0 aliphatic carbocycles. The normalized spacial score (nSPS) is 11.2. The first kappa shape index (κ1) is 13.6. The van der Waals surface area contributed by atoms with Crippen LogP contribution in [0.1, 0.15) is 15.2 Å². The van der Waals surface area contributed by atoms with Gasteiger partial charge in [0.25, 0.3) is 10.0 Å². The fourth-order valence-corrected chi connectivity index (χ4v) is 3.89. The second-order valence-electron chi connectivity index (χ2n) is 3.89. The quantitative estimate of drug-likeness (QED) is 0.908. The highest BCUT2D eigenvalue weighted by Gasteiger charge is 2.23. The molecule has 0 saturated heterocycles. The van der Waals surface area contributed by atoms with E-state index in [0.29, 0.717) is 5.69 Å². The summed E-state index contributed by atoms with van der Waals surface area (Å²) in [4.78, 5) is 10.5. The first-order valence-electron chi connectivity index (χ1n) is 5.30. The molecule has 0 unspecified atom stereocenters. The van der Waals surface area contributed by atoms with Crippen molar-refractivity contribution in [2.45, 2.75) is 11.8 Å². The van der Waals surface area contributed by atoms with Crippen LogP contribution in [0.15, 0.2) is 40.6 Å². The van der Waals surface area contributed by atoms with Gasteiger partial charge in [-0.2, -0.15) is 0 Å². The number of benzene rings is 1. The number of anilines is 1. The van der Waals surface area contributed by atoms with Crippen molar-refractivity contribution in [3.05, 3.63) is 46.2 Å². The molecule has 1 aromatic carbocycles. The van der Waals surface area contributed by atoms with Gasteiger partial charge in [0.2, 0.25) is 0 Å². The van der Waals surface area contributed by atoms with Gasteiger partial charge in [0, 0.05) is 5.69 Å². The molecule has 0 aliphatic heterocycles. The van der Waals surface area contributed by atoms with Gasteiger partial charge in [0.15, 0.2) is 0 Å². The highest BCUT2D eigenvalue weighted by atomic mass is 32.2. The fraction of sp³-hybridized carbons (Fsp3) is 0.0833. The topological polar surface area (TPSA) is 83.5 Å². The number of carboxylic acids is 1. The Morgan fingerprint density at radius 3 is 2.68 bits per heavy atom. The van der Waals surface area contributed by atoms with Gasteiger partial charge in [-0.1, -0.05) is 12.1 Å². The van der Waals surface area contributed by atoms with Gasteiger partial charge >= 0.3 is 5.97 Å². The lowest BCUT2D eigenvalue weighted by molar-refractivity contribution is 0.0698. The Bertz CT molecular complexity index is 719. The van der Waals surface area contributed by atoms with E-state index in [9.17, 15) is 13.2 Å². The lowest BCUT2D eigenvalue weighted by Crippen LogP contribution is -2.15. The van der Waals surface area contributed by atoms with E-state index in [0.717, 1.165) is 16.9 Å². The molecule has 0 fully saturated rings. The van der Waals surface area contributed by atoms with Gasteiger partial charge in [-0.05, 0) is 36.1 Å². The average molecular weight is 297 g/mol. The summed E-state index contributed by atoms with van der Waals surface area (Å²) in [5.74, 6) is -1.25. The Morgan fingerprint density at radius 1 is 1.32 bits per heavy atom. The van der Waals surface area contributed by atoms with Crippen molar-refractivity contribution in [2.75, 3.05) is 4.72 Å². The maximum atomic E-state index is 12.1. The van der Waals surface area contributed by atoms with Gasteiger partial charge in [0.1, 0.15) is 9.77 Å². The molecule has 19 heavy (non-hydrogen) atoms. The minimum Gasteiger partial charge on any atom is -0.477 e. The summed E-state index contributed by atoms with van der Waals surface area (Å²) in [6.45, 7) is 1.84. The van der Waals surface area contributed by atoms with Gasteiger partial charge in [-0.25, -0.2) is 13.2 Å². The maximum Gasteiger partial charge on any atom is 0.347 e. The van der Waals surface area contributed by atoms with Crippen molar-refractivity contribution in [1.82, 2.24) is 0 Å². The van der Waals surface area contributed by atoms with Crippen LogP contribution in [0.5, 0.6) is 0 Å². The van der Waals surface area contributed by atoms with Crippen LogP contribution in [0.3, 0.4) is 0 Å². The number of hydrogen-bond donors (Lipinski definition) is 2. The molecule has 1 heterocycles. The smallest absolute Gasteiger partial charge is 0.347 e. The molecule has 0 aliphatic rings. The molecule has 0 saturated carbocycles. The number of sulfonamides is 1. The first-order chi connectivity index (χ1) is 8.90. The Kier molecular flexibility index (Phi) is 3.59. The Labute approximate surface area is 114 Å². The largest absolute Gasteiger partial charge is 0.477 e. The Morgan fingerprint density at radius 2 is 2.05 bits per heavy atom. The van der Waals surface area contributed by atoms with E-state index < -0.39 is 16.0 Å². The Hall–Kier alpha value is -1.86. The molecule has 0 bridgehead atoms. The standard InChI is InChI=1S/C12H11NO4S2/c1-8-3-2-4-9(7-8)13-19(16,17)10-5-6-18-11(10)12(14)15/h2-7,13H,1H3,(H,14,15). The molecule has 0 atom stereocenters. The van der Waals surface area contributed by atoms with Crippen molar-refractivity contribution in [2.24, 2.45) is 0 Å². The van der Waals surface area contributed by atoms with Crippen LogP contribution in [0.25, 0.3) is 0 Å². The van der Waals surface area contributed by atoms with Crippen molar-refractivity contribution in [3.63, 3.8) is 0 Å². The summed E-state index contributed by atoms with van der Waals surface area (Å²) in [6, 6.07) is 8.12. The maximum absolute atomic E-state index is 12.1. The molecule has 2 aromatic rings. The van der Waals surface area contributed by atoms with Gasteiger partial charge in [-0.3, -0.25) is 4.72 Å². The molecule has 2 N–H and O–H groups in total. The first-order valence-corrected chi connectivity index (χ1v) is 7.67. The van der Waals surface area contributed by atoms with Crippen LogP contribution in [-0.4, -0.2) is 19.5 Å². The van der Waals surface area contributed by atoms with E-state index in [4.69, 9.17) is 5.11 Å². The van der Waals surface area contributed by atoms with E-state index in [2.05, 4.69) is 4.72 Å². The third-order valence-corrected chi connectivity index (χ3v) is 4.84. The van der Waals surface area contributed by atoms with Crippen LogP contribution >= 0.6 is 11.3 Å². The zero-order valence-electron chi connectivity index (χ0n) is 9.95. The van der Waals surface area contributed by atoms with Crippen LogP contribution in [0, 0.1) is 6.92 Å². The summed E-state index contributed by atoms with van der Waals surface area (Å²) in [5.41, 5.74) is 1.31. The number of nitrogens with one attached hydrogen (secondary N) is 1. The van der Waals surface area contributed by atoms with E-state index in [1.807, 2.05) is 13.0 Å². The van der Waals surface area contributed by atoms with Crippen molar-refractivity contribution in [3.8, 4) is 0 Å². The molecule has 100 valence electrons. The summed E-state index contributed by atoms with van der Waals surface area (Å²) in [5, 5.41) is 10.4. The summed E-state index contributed by atoms with van der Waals surface area (Å²) in [6.07, 6.45) is 0. The molecule has 0 radical (unpaired) electrons. The summed E-state index contributed by atoms with van der Waals surface area (Å²) < 4.78 is 26.6. The van der Waals surface area contributed by atoms with E-state index in [-0.39, 0.29) is 9.77 Å². The molecule has 7 heteroatoms. The third kappa shape index (κ3) is 2.94. The SMILES string of the molecule is Cc1cccc(NS(=O)(=O)c2ccsc2C(=O)O)c1. The number of aryl methyl sites for hydroxylation is 1. The number of rotatable bonds is 4. The number of hydrogen-bond acceptors (Lipinski definition) is 4. The lowest BCUT2D eigenvalue weighted by atomic mass is 10.2. The lowest BCUT2D eigenvalue weighted by Gasteiger charge is -2.08. The zero-order chi connectivity index (χ0) is 14.0. The van der Waals surface area contributed by atoms with Gasteiger partial charge in [0.05, 0.1) is 0 Å². The molecule has 2 rings (SSSR count). The molecular weight excluding hydrogens is 286 g/mol. The second-order valence-corrected chi connectivity index (χ2v) is 6.46. The van der Waals surface area contributed by atoms with E-state index in [1.165, 1.54) is 11.4 Å². The molecular formula is C12H11NO4S2. The predicted molar refractivity (Wildman–Crippen MR) is 73.3 cm³/mol. The molecule has 0 amide bonds. The number of carbonyl (C=O) groups is 1. The minimum absolute atomic E-state index is 0.194. The van der Waals surface area contributed by atoms with E-state index in [1.54, 1.807) is 18.2 Å². The fourth-order valence-electron chi connectivity index (χ4n) is 1.58. The van der Waals surface area contributed by atoms with Crippen molar-refractivity contribution < 1.29 is 18.3 Å². The minimum atomic E-state index is -3.88. The monoisotopic (exact) mass is 297 g/mol. The number of aromatic carboxylic acids is 1. The summed E-state index contributed by atoms with van der Waals surface area (Å²) >= 11 is 0.880. The molecule has 0 spiro atoms.